The zero-order valence-corrected chi connectivity index (χ0v) is 12.1. The number of carbonyl (C=O) groups is 2. The molecule has 108 valence electrons. The Morgan fingerprint density at radius 1 is 1.35 bits per heavy atom. The van der Waals surface area contributed by atoms with Crippen LogP contribution in [0, 0.1) is 6.92 Å². The fourth-order valence-electron chi connectivity index (χ4n) is 2.72. The summed E-state index contributed by atoms with van der Waals surface area (Å²) in [6.45, 7) is 4.05. The van der Waals surface area contributed by atoms with Gasteiger partial charge in [-0.25, -0.2) is 0 Å². The highest BCUT2D eigenvalue weighted by atomic mass is 16.3. The molecule has 1 aliphatic rings. The van der Waals surface area contributed by atoms with Crippen molar-refractivity contribution in [2.45, 2.75) is 45.6 Å². The van der Waals surface area contributed by atoms with Gasteiger partial charge in [-0.3, -0.25) is 9.59 Å². The second kappa shape index (κ2) is 6.07. The fourth-order valence-corrected chi connectivity index (χ4v) is 2.72. The van der Waals surface area contributed by atoms with Gasteiger partial charge in [0.25, 0.3) is 5.91 Å². The number of rotatable bonds is 3. The van der Waals surface area contributed by atoms with E-state index in [-0.39, 0.29) is 23.5 Å². The largest absolute Gasteiger partial charge is 0.508 e. The first kappa shape index (κ1) is 14.6. The Labute approximate surface area is 119 Å². The summed E-state index contributed by atoms with van der Waals surface area (Å²) >= 11 is 0. The molecule has 4 nitrogen and oxygen atoms in total. The summed E-state index contributed by atoms with van der Waals surface area (Å²) in [5.74, 6) is 0.156. The third-order valence-corrected chi connectivity index (χ3v) is 3.87. The van der Waals surface area contributed by atoms with Crippen LogP contribution in [0.1, 0.15) is 48.5 Å². The molecule has 0 saturated carbocycles. The molecule has 1 N–H and O–H groups in total. The van der Waals surface area contributed by atoms with Gasteiger partial charge in [-0.1, -0.05) is 6.07 Å². The van der Waals surface area contributed by atoms with Gasteiger partial charge >= 0.3 is 0 Å². The molecular formula is C16H21NO3. The second-order valence-electron chi connectivity index (χ2n) is 5.56. The van der Waals surface area contributed by atoms with Crippen LogP contribution in [0.4, 0.5) is 0 Å². The molecule has 1 aromatic rings. The molecular weight excluding hydrogens is 254 g/mol. The van der Waals surface area contributed by atoms with Gasteiger partial charge in [0, 0.05) is 24.6 Å². The summed E-state index contributed by atoms with van der Waals surface area (Å²) in [5, 5.41) is 9.73. The normalized spacial score (nSPS) is 18.9. The van der Waals surface area contributed by atoms with Crippen LogP contribution in [0.5, 0.6) is 5.75 Å². The number of aryl methyl sites for hydroxylation is 1. The lowest BCUT2D eigenvalue weighted by atomic mass is 9.96. The molecule has 0 aliphatic carbocycles. The van der Waals surface area contributed by atoms with Crippen molar-refractivity contribution in [3.63, 3.8) is 0 Å². The Kier molecular flexibility index (Phi) is 4.42. The fraction of sp³-hybridized carbons (Fsp3) is 0.500. The first-order chi connectivity index (χ1) is 9.49. The monoisotopic (exact) mass is 275 g/mol. The van der Waals surface area contributed by atoms with E-state index in [2.05, 4.69) is 0 Å². The highest BCUT2D eigenvalue weighted by Crippen LogP contribution is 2.24. The van der Waals surface area contributed by atoms with Crippen LogP contribution in [0.3, 0.4) is 0 Å². The molecule has 1 saturated heterocycles. The molecule has 1 heterocycles. The Bertz CT molecular complexity index is 524. The van der Waals surface area contributed by atoms with Gasteiger partial charge in [-0.15, -0.1) is 0 Å². The van der Waals surface area contributed by atoms with Gasteiger partial charge < -0.3 is 10.0 Å². The number of amides is 1. The molecule has 1 fully saturated rings. The topological polar surface area (TPSA) is 57.6 Å². The Balaban J connectivity index is 2.20. The van der Waals surface area contributed by atoms with E-state index >= 15 is 0 Å². The molecule has 1 atom stereocenters. The summed E-state index contributed by atoms with van der Waals surface area (Å²) < 4.78 is 0. The van der Waals surface area contributed by atoms with Crippen LogP contribution >= 0.6 is 0 Å². The lowest BCUT2D eigenvalue weighted by molar-refractivity contribution is -0.118. The van der Waals surface area contributed by atoms with Gasteiger partial charge in [0.05, 0.1) is 0 Å². The number of likely N-dealkylation sites (tertiary alicyclic amines) is 1. The van der Waals surface area contributed by atoms with Crippen molar-refractivity contribution in [3.05, 3.63) is 29.3 Å². The van der Waals surface area contributed by atoms with Gasteiger partial charge in [0.1, 0.15) is 11.5 Å². The summed E-state index contributed by atoms with van der Waals surface area (Å²) in [6, 6.07) is 4.98. The number of phenols is 1. The minimum Gasteiger partial charge on any atom is -0.508 e. The zero-order valence-electron chi connectivity index (χ0n) is 12.1. The van der Waals surface area contributed by atoms with E-state index in [4.69, 9.17) is 0 Å². The number of aromatic hydroxyl groups is 1. The van der Waals surface area contributed by atoms with Crippen molar-refractivity contribution >= 4 is 11.7 Å². The zero-order chi connectivity index (χ0) is 14.7. The first-order valence-electron chi connectivity index (χ1n) is 7.09. The number of piperidine rings is 1. The number of nitrogens with zero attached hydrogens (tertiary/aromatic N) is 1. The molecule has 0 aromatic heterocycles. The van der Waals surface area contributed by atoms with E-state index in [0.717, 1.165) is 24.8 Å². The number of hydrogen-bond acceptors (Lipinski definition) is 3. The Hall–Kier alpha value is -1.84. The molecule has 1 unspecified atom stereocenters. The van der Waals surface area contributed by atoms with Crippen molar-refractivity contribution in [2.75, 3.05) is 6.54 Å². The van der Waals surface area contributed by atoms with Crippen molar-refractivity contribution in [1.82, 2.24) is 4.90 Å². The standard InChI is InChI=1S/C16H21NO3/c1-11-6-7-13(10-15(11)19)16(20)17-8-4-3-5-14(17)9-12(2)18/h6-7,10,14,19H,3-5,8-9H2,1-2H3. The number of Topliss-reactive ketones (excluding diaryl/α,β-unsaturated/α-hetero) is 1. The van der Waals surface area contributed by atoms with E-state index < -0.39 is 0 Å². The van der Waals surface area contributed by atoms with E-state index in [1.54, 1.807) is 30.9 Å². The highest BCUT2D eigenvalue weighted by molar-refractivity contribution is 5.95. The quantitative estimate of drug-likeness (QED) is 0.922. The molecule has 0 bridgehead atoms. The van der Waals surface area contributed by atoms with Crippen LogP contribution in [0.15, 0.2) is 18.2 Å². The number of benzene rings is 1. The van der Waals surface area contributed by atoms with Gasteiger partial charge in [0.15, 0.2) is 0 Å². The summed E-state index contributed by atoms with van der Waals surface area (Å²) in [6.07, 6.45) is 3.33. The number of hydrogen-bond donors (Lipinski definition) is 1. The van der Waals surface area contributed by atoms with E-state index in [0.29, 0.717) is 18.5 Å². The molecule has 1 aliphatic heterocycles. The van der Waals surface area contributed by atoms with Crippen molar-refractivity contribution in [2.24, 2.45) is 0 Å². The molecule has 20 heavy (non-hydrogen) atoms. The van der Waals surface area contributed by atoms with Crippen molar-refractivity contribution in [1.29, 1.82) is 0 Å². The number of carbonyl (C=O) groups excluding carboxylic acids is 2. The van der Waals surface area contributed by atoms with Crippen LogP contribution in [0.2, 0.25) is 0 Å². The maximum absolute atomic E-state index is 12.6. The SMILES string of the molecule is CC(=O)CC1CCCCN1C(=O)c1ccc(C)c(O)c1. The van der Waals surface area contributed by atoms with Crippen LogP contribution < -0.4 is 0 Å². The van der Waals surface area contributed by atoms with Crippen molar-refractivity contribution in [3.8, 4) is 5.75 Å². The molecule has 1 amide bonds. The lowest BCUT2D eigenvalue weighted by Gasteiger charge is -2.35. The number of ketones is 1. The molecule has 0 spiro atoms. The van der Waals surface area contributed by atoms with Crippen LogP contribution in [-0.4, -0.2) is 34.3 Å². The summed E-state index contributed by atoms with van der Waals surface area (Å²) in [7, 11) is 0. The second-order valence-corrected chi connectivity index (χ2v) is 5.56. The highest BCUT2D eigenvalue weighted by Gasteiger charge is 2.28. The third kappa shape index (κ3) is 3.18. The van der Waals surface area contributed by atoms with Gasteiger partial charge in [-0.05, 0) is 50.8 Å². The summed E-state index contributed by atoms with van der Waals surface area (Å²) in [4.78, 5) is 25.7. The predicted molar refractivity (Wildman–Crippen MR) is 76.8 cm³/mol. The Morgan fingerprint density at radius 3 is 2.75 bits per heavy atom. The maximum Gasteiger partial charge on any atom is 0.254 e. The first-order valence-corrected chi connectivity index (χ1v) is 7.09. The molecule has 4 heteroatoms. The minimum absolute atomic E-state index is 0.00260. The molecule has 0 radical (unpaired) electrons. The van der Waals surface area contributed by atoms with Crippen molar-refractivity contribution < 1.29 is 14.7 Å². The smallest absolute Gasteiger partial charge is 0.254 e. The number of phenolic OH excluding ortho intramolecular Hbond substituents is 1. The average molecular weight is 275 g/mol. The van der Waals surface area contributed by atoms with Gasteiger partial charge in [0.2, 0.25) is 0 Å². The minimum atomic E-state index is -0.0914. The predicted octanol–water partition coefficient (Wildman–Crippen LogP) is 2.67. The van der Waals surface area contributed by atoms with Crippen LogP contribution in [0.25, 0.3) is 0 Å². The Morgan fingerprint density at radius 2 is 2.10 bits per heavy atom. The van der Waals surface area contributed by atoms with E-state index in [9.17, 15) is 14.7 Å². The molecule has 2 rings (SSSR count). The third-order valence-electron chi connectivity index (χ3n) is 3.87. The average Bonchev–Trinajstić information content (AvgIpc) is 2.41. The van der Waals surface area contributed by atoms with E-state index in [1.807, 2.05) is 0 Å². The van der Waals surface area contributed by atoms with E-state index in [1.165, 1.54) is 6.07 Å². The summed E-state index contributed by atoms with van der Waals surface area (Å²) in [5.41, 5.74) is 1.24. The van der Waals surface area contributed by atoms with Crippen LogP contribution in [-0.2, 0) is 4.79 Å². The molecule has 1 aromatic carbocycles. The maximum atomic E-state index is 12.6. The van der Waals surface area contributed by atoms with Gasteiger partial charge in [-0.2, -0.15) is 0 Å². The lowest BCUT2D eigenvalue weighted by Crippen LogP contribution is -2.44.